The predicted molar refractivity (Wildman–Crippen MR) is 99.5 cm³/mol. The Morgan fingerprint density at radius 2 is 2.00 bits per heavy atom. The molecule has 1 amide bonds. The lowest BCUT2D eigenvalue weighted by Crippen LogP contribution is -2.40. The Labute approximate surface area is 154 Å². The Balaban J connectivity index is 1.59. The number of hydrogen-bond acceptors (Lipinski definition) is 3. The lowest BCUT2D eigenvalue weighted by atomic mass is 9.91. The van der Waals surface area contributed by atoms with Gasteiger partial charge in [-0.1, -0.05) is 32.0 Å². The van der Waals surface area contributed by atoms with E-state index in [0.717, 1.165) is 43.7 Å². The number of piperidine rings is 1. The summed E-state index contributed by atoms with van der Waals surface area (Å²) >= 11 is 0. The molecule has 3 rings (SSSR count). The summed E-state index contributed by atoms with van der Waals surface area (Å²) in [5.74, 6) is 1.26. The number of nitrogens with zero attached hydrogens (tertiary/aromatic N) is 3. The smallest absolute Gasteiger partial charge is 0.256 e. The lowest BCUT2D eigenvalue weighted by molar-refractivity contribution is 0.0667. The van der Waals surface area contributed by atoms with E-state index in [4.69, 9.17) is 0 Å². The first kappa shape index (κ1) is 18.5. The normalized spacial score (nSPS) is 17.5. The minimum atomic E-state index is -0.140. The van der Waals surface area contributed by atoms with Crippen molar-refractivity contribution in [2.45, 2.75) is 45.4 Å². The van der Waals surface area contributed by atoms with Crippen molar-refractivity contribution >= 4 is 5.91 Å². The van der Waals surface area contributed by atoms with E-state index in [1.54, 1.807) is 18.5 Å². The highest BCUT2D eigenvalue weighted by atomic mass is 19.1. The Kier molecular flexibility index (Phi) is 5.96. The van der Waals surface area contributed by atoms with E-state index >= 15 is 0 Å². The summed E-state index contributed by atoms with van der Waals surface area (Å²) < 4.78 is 13.8. The van der Waals surface area contributed by atoms with Gasteiger partial charge in [0.25, 0.3) is 5.91 Å². The highest BCUT2D eigenvalue weighted by Crippen LogP contribution is 2.23. The molecular weight excluding hydrogens is 329 g/mol. The van der Waals surface area contributed by atoms with Crippen LogP contribution in [-0.2, 0) is 6.42 Å². The van der Waals surface area contributed by atoms with E-state index in [0.29, 0.717) is 17.9 Å². The summed E-state index contributed by atoms with van der Waals surface area (Å²) in [6.45, 7) is 5.55. The third-order valence-electron chi connectivity index (χ3n) is 5.02. The summed E-state index contributed by atoms with van der Waals surface area (Å²) in [4.78, 5) is 23.2. The number of carbonyl (C=O) groups excluding carboxylic acids is 1. The SMILES string of the molecule is CC(C)c1ncc(C(=O)N2CCC[C@@H](CCc3ccccc3F)C2)cn1. The second-order valence-corrected chi connectivity index (χ2v) is 7.37. The number of aryl methyl sites for hydroxylation is 1. The van der Waals surface area contributed by atoms with Crippen molar-refractivity contribution in [1.82, 2.24) is 14.9 Å². The quantitative estimate of drug-likeness (QED) is 0.806. The van der Waals surface area contributed by atoms with Crippen LogP contribution in [-0.4, -0.2) is 33.9 Å². The third-order valence-corrected chi connectivity index (χ3v) is 5.02. The number of halogens is 1. The number of carbonyl (C=O) groups is 1. The Morgan fingerprint density at radius 3 is 2.69 bits per heavy atom. The molecule has 2 heterocycles. The molecule has 0 bridgehead atoms. The molecule has 0 unspecified atom stereocenters. The Bertz CT molecular complexity index is 745. The monoisotopic (exact) mass is 355 g/mol. The molecule has 1 atom stereocenters. The van der Waals surface area contributed by atoms with Gasteiger partial charge < -0.3 is 4.90 Å². The van der Waals surface area contributed by atoms with Gasteiger partial charge in [0.15, 0.2) is 0 Å². The Hall–Kier alpha value is -2.30. The fraction of sp³-hybridized carbons (Fsp3) is 0.476. The molecular formula is C21H26FN3O. The standard InChI is InChI=1S/C21H26FN3O/c1-15(2)20-23-12-18(13-24-20)21(26)25-11-5-6-16(14-25)9-10-17-7-3-4-8-19(17)22/h3-4,7-8,12-13,15-16H,5-6,9-11,14H2,1-2H3/t16-/m0/s1. The second-order valence-electron chi connectivity index (χ2n) is 7.37. The molecule has 0 radical (unpaired) electrons. The molecule has 4 nitrogen and oxygen atoms in total. The van der Waals surface area contributed by atoms with E-state index in [9.17, 15) is 9.18 Å². The van der Waals surface area contributed by atoms with Crippen molar-refractivity contribution in [3.8, 4) is 0 Å². The van der Waals surface area contributed by atoms with Crippen molar-refractivity contribution in [3.05, 3.63) is 59.4 Å². The number of likely N-dealkylation sites (tertiary alicyclic amines) is 1. The molecule has 2 aromatic rings. The predicted octanol–water partition coefficient (Wildman–Crippen LogP) is 4.22. The van der Waals surface area contributed by atoms with Crippen molar-refractivity contribution in [1.29, 1.82) is 0 Å². The number of rotatable bonds is 5. The Morgan fingerprint density at radius 1 is 1.27 bits per heavy atom. The first-order valence-electron chi connectivity index (χ1n) is 9.39. The maximum absolute atomic E-state index is 13.8. The van der Waals surface area contributed by atoms with Crippen LogP contribution in [0.4, 0.5) is 4.39 Å². The molecule has 1 aliphatic rings. The lowest BCUT2D eigenvalue weighted by Gasteiger charge is -2.33. The van der Waals surface area contributed by atoms with E-state index in [-0.39, 0.29) is 17.6 Å². The highest BCUT2D eigenvalue weighted by Gasteiger charge is 2.25. The van der Waals surface area contributed by atoms with Crippen molar-refractivity contribution in [2.75, 3.05) is 13.1 Å². The molecule has 0 N–H and O–H groups in total. The van der Waals surface area contributed by atoms with E-state index in [1.165, 1.54) is 6.07 Å². The fourth-order valence-corrected chi connectivity index (χ4v) is 3.48. The summed E-state index contributed by atoms with van der Waals surface area (Å²) in [7, 11) is 0. The number of benzene rings is 1. The average molecular weight is 355 g/mol. The number of amides is 1. The molecule has 1 aromatic carbocycles. The van der Waals surface area contributed by atoms with Gasteiger partial charge >= 0.3 is 0 Å². The van der Waals surface area contributed by atoms with Gasteiger partial charge in [-0.25, -0.2) is 14.4 Å². The molecule has 0 aliphatic carbocycles. The summed E-state index contributed by atoms with van der Waals surface area (Å²) in [5, 5.41) is 0. The van der Waals surface area contributed by atoms with E-state index in [2.05, 4.69) is 9.97 Å². The first-order chi connectivity index (χ1) is 12.5. The van der Waals surface area contributed by atoms with Gasteiger partial charge in [-0.15, -0.1) is 0 Å². The topological polar surface area (TPSA) is 46.1 Å². The zero-order valence-electron chi connectivity index (χ0n) is 15.5. The van der Waals surface area contributed by atoms with Gasteiger partial charge in [0.2, 0.25) is 0 Å². The van der Waals surface area contributed by atoms with Gasteiger partial charge in [-0.05, 0) is 43.2 Å². The third kappa shape index (κ3) is 4.45. The minimum Gasteiger partial charge on any atom is -0.338 e. The van der Waals surface area contributed by atoms with Crippen LogP contribution in [0.2, 0.25) is 0 Å². The number of hydrogen-bond donors (Lipinski definition) is 0. The molecule has 138 valence electrons. The minimum absolute atomic E-state index is 0.00380. The molecule has 26 heavy (non-hydrogen) atoms. The first-order valence-corrected chi connectivity index (χ1v) is 9.39. The largest absolute Gasteiger partial charge is 0.338 e. The highest BCUT2D eigenvalue weighted by molar-refractivity contribution is 5.93. The summed E-state index contributed by atoms with van der Waals surface area (Å²) in [6.07, 6.45) is 6.94. The zero-order chi connectivity index (χ0) is 18.5. The van der Waals surface area contributed by atoms with Gasteiger partial charge in [0.1, 0.15) is 11.6 Å². The molecule has 1 aliphatic heterocycles. The van der Waals surface area contributed by atoms with Crippen LogP contribution in [0.5, 0.6) is 0 Å². The van der Waals surface area contributed by atoms with Crippen LogP contribution in [0.25, 0.3) is 0 Å². The van der Waals surface area contributed by atoms with Gasteiger partial charge in [0.05, 0.1) is 5.56 Å². The maximum atomic E-state index is 13.8. The summed E-state index contributed by atoms with van der Waals surface area (Å²) in [6, 6.07) is 6.93. The van der Waals surface area contributed by atoms with Crippen LogP contribution in [0.15, 0.2) is 36.7 Å². The van der Waals surface area contributed by atoms with E-state index in [1.807, 2.05) is 30.9 Å². The second kappa shape index (κ2) is 8.39. The fourth-order valence-electron chi connectivity index (χ4n) is 3.48. The van der Waals surface area contributed by atoms with Crippen LogP contribution in [0.1, 0.15) is 60.8 Å². The maximum Gasteiger partial charge on any atom is 0.256 e. The zero-order valence-corrected chi connectivity index (χ0v) is 15.5. The van der Waals surface area contributed by atoms with Gasteiger partial charge in [0, 0.05) is 31.4 Å². The van der Waals surface area contributed by atoms with E-state index < -0.39 is 0 Å². The van der Waals surface area contributed by atoms with Gasteiger partial charge in [-0.2, -0.15) is 0 Å². The summed E-state index contributed by atoms with van der Waals surface area (Å²) in [5.41, 5.74) is 1.30. The van der Waals surface area contributed by atoms with Crippen molar-refractivity contribution in [2.24, 2.45) is 5.92 Å². The average Bonchev–Trinajstić information content (AvgIpc) is 2.67. The van der Waals surface area contributed by atoms with Crippen LogP contribution in [0.3, 0.4) is 0 Å². The van der Waals surface area contributed by atoms with Crippen LogP contribution >= 0.6 is 0 Å². The number of aromatic nitrogens is 2. The van der Waals surface area contributed by atoms with Crippen LogP contribution < -0.4 is 0 Å². The molecule has 0 saturated carbocycles. The van der Waals surface area contributed by atoms with Crippen molar-refractivity contribution in [3.63, 3.8) is 0 Å². The van der Waals surface area contributed by atoms with Crippen molar-refractivity contribution < 1.29 is 9.18 Å². The molecule has 1 aromatic heterocycles. The molecule has 0 spiro atoms. The molecule has 1 fully saturated rings. The van der Waals surface area contributed by atoms with Gasteiger partial charge in [-0.3, -0.25) is 4.79 Å². The van der Waals surface area contributed by atoms with Crippen LogP contribution in [0, 0.1) is 11.7 Å². The molecule has 5 heteroatoms. The molecule has 1 saturated heterocycles.